The minimum atomic E-state index is -0.618. The summed E-state index contributed by atoms with van der Waals surface area (Å²) in [5, 5.41) is 14.0. The van der Waals surface area contributed by atoms with Crippen molar-refractivity contribution in [1.82, 2.24) is 0 Å². The van der Waals surface area contributed by atoms with E-state index in [2.05, 4.69) is 12.2 Å². The van der Waals surface area contributed by atoms with Gasteiger partial charge in [0.25, 0.3) is 17.5 Å². The number of non-ortho nitro benzene ring substituents is 1. The van der Waals surface area contributed by atoms with Gasteiger partial charge in [0.05, 0.1) is 21.1 Å². The third-order valence-corrected chi connectivity index (χ3v) is 5.89. The SMILES string of the molecule is C[C@H]1CCc2c(sc(NC(=O)c3cc([N+](=O)[O-])ccc3Cl)c2C(N)=O)C1. The van der Waals surface area contributed by atoms with Crippen molar-refractivity contribution in [2.24, 2.45) is 11.7 Å². The molecular formula is C17H16ClN3O4S. The zero-order valence-electron chi connectivity index (χ0n) is 13.9. The molecule has 1 aliphatic carbocycles. The van der Waals surface area contributed by atoms with Gasteiger partial charge < -0.3 is 11.1 Å². The van der Waals surface area contributed by atoms with Crippen molar-refractivity contribution in [3.8, 4) is 0 Å². The van der Waals surface area contributed by atoms with Crippen LogP contribution in [0.5, 0.6) is 0 Å². The first-order valence-corrected chi connectivity index (χ1v) is 9.17. The molecule has 3 rings (SSSR count). The minimum absolute atomic E-state index is 0.0315. The van der Waals surface area contributed by atoms with Crippen molar-refractivity contribution in [2.45, 2.75) is 26.2 Å². The average molecular weight is 394 g/mol. The summed E-state index contributed by atoms with van der Waals surface area (Å²) in [6.45, 7) is 2.13. The summed E-state index contributed by atoms with van der Waals surface area (Å²) in [7, 11) is 0. The fourth-order valence-corrected chi connectivity index (χ4v) is 4.69. The molecule has 0 spiro atoms. The van der Waals surface area contributed by atoms with Gasteiger partial charge in [-0.15, -0.1) is 11.3 Å². The molecule has 3 N–H and O–H groups in total. The molecule has 136 valence electrons. The summed E-state index contributed by atoms with van der Waals surface area (Å²) in [6.07, 6.45) is 2.51. The monoisotopic (exact) mass is 393 g/mol. The van der Waals surface area contributed by atoms with E-state index < -0.39 is 16.7 Å². The lowest BCUT2D eigenvalue weighted by molar-refractivity contribution is -0.384. The molecule has 26 heavy (non-hydrogen) atoms. The lowest BCUT2D eigenvalue weighted by Crippen LogP contribution is -2.19. The Morgan fingerprint density at radius 1 is 1.42 bits per heavy atom. The third-order valence-electron chi connectivity index (χ3n) is 4.39. The topological polar surface area (TPSA) is 115 Å². The fraction of sp³-hybridized carbons (Fsp3) is 0.294. The number of carbonyl (C=O) groups excluding carboxylic acids is 2. The number of hydrogen-bond acceptors (Lipinski definition) is 5. The summed E-state index contributed by atoms with van der Waals surface area (Å²) in [4.78, 5) is 35.9. The first-order chi connectivity index (χ1) is 12.3. The molecule has 0 saturated carbocycles. The number of benzene rings is 1. The maximum absolute atomic E-state index is 12.6. The molecule has 1 aliphatic rings. The Hall–Kier alpha value is -2.45. The number of nitrogens with one attached hydrogen (secondary N) is 1. The van der Waals surface area contributed by atoms with Crippen LogP contribution < -0.4 is 11.1 Å². The standard InChI is InChI=1S/C17H16ClN3O4S/c1-8-2-4-10-13(6-8)26-17(14(10)15(19)22)20-16(23)11-7-9(21(24)25)3-5-12(11)18/h3,5,7-8H,2,4,6H2,1H3,(H2,19,22)(H,20,23)/t8-/m0/s1. The molecule has 0 fully saturated rings. The van der Waals surface area contributed by atoms with E-state index in [0.717, 1.165) is 35.8 Å². The van der Waals surface area contributed by atoms with Crippen molar-refractivity contribution in [3.63, 3.8) is 0 Å². The predicted octanol–water partition coefficient (Wildman–Crippen LogP) is 3.79. The highest BCUT2D eigenvalue weighted by molar-refractivity contribution is 7.17. The molecule has 1 aromatic carbocycles. The van der Waals surface area contributed by atoms with Crippen LogP contribution in [0.3, 0.4) is 0 Å². The van der Waals surface area contributed by atoms with Gasteiger partial charge in [0, 0.05) is 17.0 Å². The van der Waals surface area contributed by atoms with Crippen LogP contribution in [-0.2, 0) is 12.8 Å². The Morgan fingerprint density at radius 2 is 2.15 bits per heavy atom. The van der Waals surface area contributed by atoms with Crippen molar-refractivity contribution in [1.29, 1.82) is 0 Å². The highest BCUT2D eigenvalue weighted by Crippen LogP contribution is 2.39. The van der Waals surface area contributed by atoms with Gasteiger partial charge in [0.2, 0.25) is 0 Å². The lowest BCUT2D eigenvalue weighted by Gasteiger charge is -2.18. The summed E-state index contributed by atoms with van der Waals surface area (Å²) in [5.41, 5.74) is 6.47. The molecule has 2 aromatic rings. The van der Waals surface area contributed by atoms with Crippen LogP contribution in [0.15, 0.2) is 18.2 Å². The predicted molar refractivity (Wildman–Crippen MR) is 100 cm³/mol. The normalized spacial score (nSPS) is 16.0. The Bertz CT molecular complexity index is 925. The molecule has 1 atom stereocenters. The number of carbonyl (C=O) groups is 2. The number of thiophene rings is 1. The first kappa shape index (κ1) is 18.3. The Morgan fingerprint density at radius 3 is 2.81 bits per heavy atom. The fourth-order valence-electron chi connectivity index (χ4n) is 3.07. The number of rotatable bonds is 4. The summed E-state index contributed by atoms with van der Waals surface area (Å²) in [5.74, 6) is -0.720. The molecule has 9 heteroatoms. The highest BCUT2D eigenvalue weighted by Gasteiger charge is 2.28. The van der Waals surface area contributed by atoms with Gasteiger partial charge in [-0.05, 0) is 36.8 Å². The quantitative estimate of drug-likeness (QED) is 0.607. The molecule has 1 aromatic heterocycles. The van der Waals surface area contributed by atoms with Gasteiger partial charge in [-0.25, -0.2) is 0 Å². The number of halogens is 1. The van der Waals surface area contributed by atoms with Crippen molar-refractivity contribution < 1.29 is 14.5 Å². The number of amides is 2. The number of nitro groups is 1. The van der Waals surface area contributed by atoms with Gasteiger partial charge in [0.1, 0.15) is 5.00 Å². The largest absolute Gasteiger partial charge is 0.365 e. The van der Waals surface area contributed by atoms with E-state index in [-0.39, 0.29) is 16.3 Å². The molecule has 0 bridgehead atoms. The molecule has 0 unspecified atom stereocenters. The van der Waals surface area contributed by atoms with Crippen LogP contribution in [0.25, 0.3) is 0 Å². The molecule has 1 heterocycles. The van der Waals surface area contributed by atoms with Gasteiger partial charge in [-0.3, -0.25) is 19.7 Å². The van der Waals surface area contributed by atoms with E-state index in [9.17, 15) is 19.7 Å². The average Bonchev–Trinajstić information content (AvgIpc) is 2.91. The molecule has 7 nitrogen and oxygen atoms in total. The smallest absolute Gasteiger partial charge is 0.270 e. The highest BCUT2D eigenvalue weighted by atomic mass is 35.5. The number of nitrogens with zero attached hydrogens (tertiary/aromatic N) is 1. The zero-order valence-corrected chi connectivity index (χ0v) is 15.4. The van der Waals surface area contributed by atoms with Crippen LogP contribution in [0.1, 0.15) is 44.5 Å². The Kier molecular flexibility index (Phi) is 4.97. The van der Waals surface area contributed by atoms with E-state index in [1.807, 2.05) is 0 Å². The van der Waals surface area contributed by atoms with E-state index >= 15 is 0 Å². The van der Waals surface area contributed by atoms with E-state index in [4.69, 9.17) is 17.3 Å². The lowest BCUT2D eigenvalue weighted by atomic mass is 9.88. The number of fused-ring (bicyclic) bond motifs is 1. The second kappa shape index (κ2) is 7.05. The van der Waals surface area contributed by atoms with Gasteiger partial charge in [-0.1, -0.05) is 18.5 Å². The Labute approximate surface area is 158 Å². The number of hydrogen-bond donors (Lipinski definition) is 2. The van der Waals surface area contributed by atoms with Crippen LogP contribution in [-0.4, -0.2) is 16.7 Å². The van der Waals surface area contributed by atoms with Crippen molar-refractivity contribution in [3.05, 3.63) is 54.9 Å². The maximum atomic E-state index is 12.6. The van der Waals surface area contributed by atoms with E-state index in [1.165, 1.54) is 23.5 Å². The van der Waals surface area contributed by atoms with Gasteiger partial charge in [-0.2, -0.15) is 0 Å². The van der Waals surface area contributed by atoms with E-state index in [1.54, 1.807) is 0 Å². The second-order valence-corrected chi connectivity index (χ2v) is 7.81. The van der Waals surface area contributed by atoms with Crippen LogP contribution in [0.4, 0.5) is 10.7 Å². The molecular weight excluding hydrogens is 378 g/mol. The third kappa shape index (κ3) is 3.42. The number of anilines is 1. The number of primary amides is 1. The second-order valence-electron chi connectivity index (χ2n) is 6.30. The summed E-state index contributed by atoms with van der Waals surface area (Å²) < 4.78 is 0. The molecule has 0 aliphatic heterocycles. The Balaban J connectivity index is 1.97. The summed E-state index contributed by atoms with van der Waals surface area (Å²) >= 11 is 7.34. The van der Waals surface area contributed by atoms with Crippen molar-refractivity contribution >= 4 is 45.4 Å². The number of nitro benzene ring substituents is 1. The minimum Gasteiger partial charge on any atom is -0.365 e. The van der Waals surface area contributed by atoms with E-state index in [0.29, 0.717) is 16.5 Å². The van der Waals surface area contributed by atoms with Gasteiger partial charge >= 0.3 is 0 Å². The zero-order chi connectivity index (χ0) is 19.0. The van der Waals surface area contributed by atoms with Crippen LogP contribution in [0, 0.1) is 16.0 Å². The number of nitrogens with two attached hydrogens (primary N) is 1. The molecule has 0 saturated heterocycles. The van der Waals surface area contributed by atoms with Crippen molar-refractivity contribution in [2.75, 3.05) is 5.32 Å². The van der Waals surface area contributed by atoms with Gasteiger partial charge in [0.15, 0.2) is 0 Å². The molecule has 2 amide bonds. The van der Waals surface area contributed by atoms with Crippen LogP contribution >= 0.6 is 22.9 Å². The molecule has 0 radical (unpaired) electrons. The maximum Gasteiger partial charge on any atom is 0.270 e. The summed E-state index contributed by atoms with van der Waals surface area (Å²) in [6, 6.07) is 3.63. The first-order valence-electron chi connectivity index (χ1n) is 7.97. The van der Waals surface area contributed by atoms with Crippen LogP contribution in [0.2, 0.25) is 5.02 Å².